The number of H-pyrrole nitrogens is 1. The summed E-state index contributed by atoms with van der Waals surface area (Å²) < 4.78 is 13.8. The minimum Gasteiger partial charge on any atom is -0.395 e. The first-order valence-corrected chi connectivity index (χ1v) is 8.97. The van der Waals surface area contributed by atoms with Gasteiger partial charge < -0.3 is 15.4 Å². The van der Waals surface area contributed by atoms with Gasteiger partial charge in [-0.15, -0.1) is 0 Å². The number of likely N-dealkylation sites (tertiary alicyclic amines) is 1. The standard InChI is InChI=1S/C19H26FN3O2/c1-13-16(15-6-4-7-17(20)19(15)22-13)11-18(25)21-8-10-23-9-3-2-5-14(23)12-24/h4,6-7,14,22,24H,2-3,5,8-12H2,1H3,(H,21,25)/t14-/m1/s1. The fourth-order valence-electron chi connectivity index (χ4n) is 3.72. The molecule has 3 N–H and O–H groups in total. The van der Waals surface area contributed by atoms with E-state index in [1.165, 1.54) is 6.07 Å². The van der Waals surface area contributed by atoms with Crippen LogP contribution in [-0.2, 0) is 11.2 Å². The van der Waals surface area contributed by atoms with Gasteiger partial charge in [0, 0.05) is 30.2 Å². The van der Waals surface area contributed by atoms with Crippen LogP contribution in [0.15, 0.2) is 18.2 Å². The zero-order valence-corrected chi connectivity index (χ0v) is 14.6. The van der Waals surface area contributed by atoms with E-state index in [0.717, 1.165) is 49.0 Å². The Balaban J connectivity index is 1.56. The second-order valence-electron chi connectivity index (χ2n) is 6.79. The van der Waals surface area contributed by atoms with Crippen LogP contribution in [0.2, 0.25) is 0 Å². The third-order valence-electron chi connectivity index (χ3n) is 5.12. The number of amides is 1. The second-order valence-corrected chi connectivity index (χ2v) is 6.79. The molecule has 1 aromatic carbocycles. The number of fused-ring (bicyclic) bond motifs is 1. The quantitative estimate of drug-likeness (QED) is 0.750. The van der Waals surface area contributed by atoms with Crippen molar-refractivity contribution in [2.75, 3.05) is 26.2 Å². The molecule has 6 heteroatoms. The van der Waals surface area contributed by atoms with Crippen molar-refractivity contribution in [3.63, 3.8) is 0 Å². The molecule has 0 bridgehead atoms. The van der Waals surface area contributed by atoms with Gasteiger partial charge in [0.25, 0.3) is 0 Å². The van der Waals surface area contributed by atoms with Gasteiger partial charge in [-0.1, -0.05) is 18.6 Å². The van der Waals surface area contributed by atoms with Crippen molar-refractivity contribution in [3.8, 4) is 0 Å². The lowest BCUT2D eigenvalue weighted by atomic mass is 10.0. The molecule has 25 heavy (non-hydrogen) atoms. The maximum absolute atomic E-state index is 13.8. The molecule has 0 unspecified atom stereocenters. The van der Waals surface area contributed by atoms with Crippen LogP contribution >= 0.6 is 0 Å². The van der Waals surface area contributed by atoms with Gasteiger partial charge in [0.1, 0.15) is 5.82 Å². The van der Waals surface area contributed by atoms with Crippen molar-refractivity contribution in [3.05, 3.63) is 35.3 Å². The van der Waals surface area contributed by atoms with Gasteiger partial charge >= 0.3 is 0 Å². The van der Waals surface area contributed by atoms with E-state index in [0.29, 0.717) is 12.1 Å². The first kappa shape index (κ1) is 17.9. The number of piperidine rings is 1. The van der Waals surface area contributed by atoms with Gasteiger partial charge in [0.2, 0.25) is 5.91 Å². The number of aryl methyl sites for hydroxylation is 1. The van der Waals surface area contributed by atoms with Crippen LogP contribution in [-0.4, -0.2) is 53.2 Å². The van der Waals surface area contributed by atoms with Gasteiger partial charge in [-0.3, -0.25) is 9.69 Å². The van der Waals surface area contributed by atoms with Crippen LogP contribution < -0.4 is 5.32 Å². The SMILES string of the molecule is Cc1[nH]c2c(F)cccc2c1CC(=O)NCCN1CCCC[C@@H]1CO. The van der Waals surface area contributed by atoms with Gasteiger partial charge in [-0.25, -0.2) is 4.39 Å². The Morgan fingerprint density at radius 3 is 3.08 bits per heavy atom. The maximum Gasteiger partial charge on any atom is 0.224 e. The molecule has 5 nitrogen and oxygen atoms in total. The summed E-state index contributed by atoms with van der Waals surface area (Å²) in [7, 11) is 0. The minimum atomic E-state index is -0.299. The lowest BCUT2D eigenvalue weighted by Crippen LogP contribution is -2.45. The molecule has 2 aromatic rings. The van der Waals surface area contributed by atoms with Crippen molar-refractivity contribution >= 4 is 16.8 Å². The summed E-state index contributed by atoms with van der Waals surface area (Å²) in [6.07, 6.45) is 3.55. The number of halogens is 1. The molecule has 0 radical (unpaired) electrons. The lowest BCUT2D eigenvalue weighted by Gasteiger charge is -2.34. The number of aliphatic hydroxyl groups is 1. The third-order valence-corrected chi connectivity index (χ3v) is 5.12. The molecule has 3 rings (SSSR count). The summed E-state index contributed by atoms with van der Waals surface area (Å²) in [5, 5.41) is 13.1. The average molecular weight is 347 g/mol. The van der Waals surface area contributed by atoms with E-state index in [-0.39, 0.29) is 30.8 Å². The predicted molar refractivity (Wildman–Crippen MR) is 96.0 cm³/mol. The van der Waals surface area contributed by atoms with Crippen LogP contribution in [0.3, 0.4) is 0 Å². The van der Waals surface area contributed by atoms with E-state index in [2.05, 4.69) is 15.2 Å². The van der Waals surface area contributed by atoms with Gasteiger partial charge in [-0.05, 0) is 37.9 Å². The first-order valence-electron chi connectivity index (χ1n) is 8.97. The maximum atomic E-state index is 13.8. The monoisotopic (exact) mass is 347 g/mol. The fraction of sp³-hybridized carbons (Fsp3) is 0.526. The summed E-state index contributed by atoms with van der Waals surface area (Å²) in [6, 6.07) is 5.13. The van der Waals surface area contributed by atoms with E-state index in [1.54, 1.807) is 6.07 Å². The number of hydrogen-bond acceptors (Lipinski definition) is 3. The van der Waals surface area contributed by atoms with Gasteiger partial charge in [0.05, 0.1) is 18.5 Å². The number of carbonyl (C=O) groups is 1. The highest BCUT2D eigenvalue weighted by atomic mass is 19.1. The third kappa shape index (κ3) is 4.02. The fourth-order valence-corrected chi connectivity index (χ4v) is 3.72. The van der Waals surface area contributed by atoms with Crippen LogP contribution in [0, 0.1) is 12.7 Å². The zero-order valence-electron chi connectivity index (χ0n) is 14.6. The number of aromatic amines is 1. The molecule has 1 fully saturated rings. The number of para-hydroxylation sites is 1. The van der Waals surface area contributed by atoms with E-state index in [9.17, 15) is 14.3 Å². The van der Waals surface area contributed by atoms with Crippen LogP contribution in [0.1, 0.15) is 30.5 Å². The number of nitrogens with zero attached hydrogens (tertiary/aromatic N) is 1. The van der Waals surface area contributed by atoms with Gasteiger partial charge in [0.15, 0.2) is 0 Å². The average Bonchev–Trinajstić information content (AvgIpc) is 2.93. The second kappa shape index (κ2) is 7.97. The van der Waals surface area contributed by atoms with E-state index < -0.39 is 0 Å². The van der Waals surface area contributed by atoms with Gasteiger partial charge in [-0.2, -0.15) is 0 Å². The number of rotatable bonds is 6. The molecule has 0 spiro atoms. The molecule has 1 aliphatic rings. The van der Waals surface area contributed by atoms with E-state index in [1.807, 2.05) is 13.0 Å². The molecule has 0 saturated carbocycles. The molecule has 0 aliphatic carbocycles. The van der Waals surface area contributed by atoms with Crippen LogP contribution in [0.5, 0.6) is 0 Å². The van der Waals surface area contributed by atoms with Crippen molar-refractivity contribution in [1.82, 2.24) is 15.2 Å². The summed E-state index contributed by atoms with van der Waals surface area (Å²) >= 11 is 0. The number of carbonyl (C=O) groups excluding carboxylic acids is 1. The molecular weight excluding hydrogens is 321 g/mol. The highest BCUT2D eigenvalue weighted by molar-refractivity contribution is 5.90. The molecule has 136 valence electrons. The molecule has 1 aromatic heterocycles. The molecule has 1 atom stereocenters. The lowest BCUT2D eigenvalue weighted by molar-refractivity contribution is -0.120. The van der Waals surface area contributed by atoms with E-state index >= 15 is 0 Å². The first-order chi connectivity index (χ1) is 12.1. The zero-order chi connectivity index (χ0) is 17.8. The summed E-state index contributed by atoms with van der Waals surface area (Å²) in [4.78, 5) is 17.6. The number of hydrogen-bond donors (Lipinski definition) is 3. The largest absolute Gasteiger partial charge is 0.395 e. The number of aromatic nitrogens is 1. The van der Waals surface area contributed by atoms with Crippen molar-refractivity contribution in [2.45, 2.75) is 38.6 Å². The Hall–Kier alpha value is -1.92. The van der Waals surface area contributed by atoms with E-state index in [4.69, 9.17) is 0 Å². The Kier molecular flexibility index (Phi) is 5.71. The molecular formula is C19H26FN3O2. The van der Waals surface area contributed by atoms with Crippen molar-refractivity contribution in [2.24, 2.45) is 0 Å². The Bertz CT molecular complexity index is 744. The summed E-state index contributed by atoms with van der Waals surface area (Å²) in [5.41, 5.74) is 2.13. The smallest absolute Gasteiger partial charge is 0.224 e. The van der Waals surface area contributed by atoms with Crippen LogP contribution in [0.4, 0.5) is 4.39 Å². The van der Waals surface area contributed by atoms with Crippen molar-refractivity contribution in [1.29, 1.82) is 0 Å². The minimum absolute atomic E-state index is 0.0641. The number of aliphatic hydroxyl groups excluding tert-OH is 1. The molecule has 1 amide bonds. The highest BCUT2D eigenvalue weighted by Crippen LogP contribution is 2.24. The summed E-state index contributed by atoms with van der Waals surface area (Å²) in [6.45, 7) is 4.32. The normalized spacial score (nSPS) is 18.6. The Morgan fingerprint density at radius 1 is 1.44 bits per heavy atom. The number of benzene rings is 1. The molecule has 1 saturated heterocycles. The Labute approximate surface area is 147 Å². The van der Waals surface area contributed by atoms with Crippen molar-refractivity contribution < 1.29 is 14.3 Å². The van der Waals surface area contributed by atoms with Crippen LogP contribution in [0.25, 0.3) is 10.9 Å². The molecule has 2 heterocycles. The Morgan fingerprint density at radius 2 is 2.28 bits per heavy atom. The predicted octanol–water partition coefficient (Wildman–Crippen LogP) is 2.12. The topological polar surface area (TPSA) is 68.4 Å². The number of nitrogens with one attached hydrogen (secondary N) is 2. The molecule has 1 aliphatic heterocycles. The summed E-state index contributed by atoms with van der Waals surface area (Å²) in [5.74, 6) is -0.363. The highest BCUT2D eigenvalue weighted by Gasteiger charge is 2.21.